The first-order valence-electron chi connectivity index (χ1n) is 6.93. The van der Waals surface area contributed by atoms with E-state index in [0.717, 1.165) is 25.9 Å². The second kappa shape index (κ2) is 6.13. The van der Waals surface area contributed by atoms with Crippen LogP contribution < -0.4 is 11.1 Å². The van der Waals surface area contributed by atoms with Crippen LogP contribution in [-0.4, -0.2) is 44.8 Å². The number of primary amides is 1. The van der Waals surface area contributed by atoms with Crippen molar-refractivity contribution in [2.24, 2.45) is 5.73 Å². The number of amides is 1. The van der Waals surface area contributed by atoms with E-state index in [1.165, 1.54) is 16.4 Å². The molecule has 1 amide bonds. The molecule has 1 aliphatic rings. The van der Waals surface area contributed by atoms with Crippen LogP contribution in [0.25, 0.3) is 0 Å². The summed E-state index contributed by atoms with van der Waals surface area (Å²) in [4.78, 5) is 11.5. The fourth-order valence-electron chi connectivity index (χ4n) is 2.56. The summed E-state index contributed by atoms with van der Waals surface area (Å²) >= 11 is 0. The van der Waals surface area contributed by atoms with Crippen molar-refractivity contribution in [3.05, 3.63) is 29.3 Å². The van der Waals surface area contributed by atoms with Crippen LogP contribution in [-0.2, 0) is 10.0 Å². The topological polar surface area (TPSA) is 92.5 Å². The Morgan fingerprint density at radius 1 is 1.33 bits per heavy atom. The number of sulfonamides is 1. The zero-order valence-electron chi connectivity index (χ0n) is 12.3. The number of hydrogen-bond donors (Lipinski definition) is 2. The lowest BCUT2D eigenvalue weighted by molar-refractivity contribution is 0.0999. The normalized spacial score (nSPS) is 17.1. The third-order valence-corrected chi connectivity index (χ3v) is 5.88. The smallest absolute Gasteiger partial charge is 0.249 e. The number of carbonyl (C=O) groups excluding carboxylic acids is 1. The Bertz CT molecular complexity index is 637. The van der Waals surface area contributed by atoms with Crippen LogP contribution in [0.1, 0.15) is 28.8 Å². The van der Waals surface area contributed by atoms with E-state index >= 15 is 0 Å². The Balaban J connectivity index is 2.34. The van der Waals surface area contributed by atoms with Crippen LogP contribution in [0, 0.1) is 6.92 Å². The summed E-state index contributed by atoms with van der Waals surface area (Å²) in [5.74, 6) is -0.617. The fourth-order valence-corrected chi connectivity index (χ4v) is 4.00. The first-order chi connectivity index (χ1) is 9.84. The van der Waals surface area contributed by atoms with Crippen LogP contribution in [0.15, 0.2) is 23.1 Å². The fraction of sp³-hybridized carbons (Fsp3) is 0.500. The molecule has 2 rings (SSSR count). The molecule has 1 aliphatic heterocycles. The van der Waals surface area contributed by atoms with Crippen molar-refractivity contribution in [1.29, 1.82) is 0 Å². The van der Waals surface area contributed by atoms with E-state index in [-0.39, 0.29) is 16.5 Å². The monoisotopic (exact) mass is 311 g/mol. The molecule has 0 aliphatic carbocycles. The second-order valence-corrected chi connectivity index (χ2v) is 7.34. The molecule has 0 saturated carbocycles. The molecule has 1 heterocycles. The number of hydrogen-bond acceptors (Lipinski definition) is 4. The van der Waals surface area contributed by atoms with Crippen molar-refractivity contribution in [1.82, 2.24) is 9.62 Å². The molecule has 1 fully saturated rings. The summed E-state index contributed by atoms with van der Waals surface area (Å²) in [6.07, 6.45) is 1.56. The molecule has 0 radical (unpaired) electrons. The summed E-state index contributed by atoms with van der Waals surface area (Å²) in [6.45, 7) is 3.35. The molecule has 0 spiro atoms. The summed E-state index contributed by atoms with van der Waals surface area (Å²) in [7, 11) is -2.02. The molecule has 6 nitrogen and oxygen atoms in total. The van der Waals surface area contributed by atoms with Gasteiger partial charge in [-0.2, -0.15) is 4.31 Å². The molecule has 7 heteroatoms. The number of piperidine rings is 1. The van der Waals surface area contributed by atoms with Gasteiger partial charge in [-0.25, -0.2) is 8.42 Å². The predicted molar refractivity (Wildman–Crippen MR) is 80.5 cm³/mol. The SMILES string of the molecule is Cc1ccc(S(=O)(=O)N(C)C2CCNCC2)cc1C(N)=O. The molecular weight excluding hydrogens is 290 g/mol. The first-order valence-corrected chi connectivity index (χ1v) is 8.37. The van der Waals surface area contributed by atoms with Gasteiger partial charge in [-0.1, -0.05) is 6.07 Å². The molecule has 0 aromatic heterocycles. The number of nitrogens with zero attached hydrogens (tertiary/aromatic N) is 1. The van der Waals surface area contributed by atoms with Gasteiger partial charge in [0.25, 0.3) is 0 Å². The van der Waals surface area contributed by atoms with Crippen molar-refractivity contribution in [3.63, 3.8) is 0 Å². The van der Waals surface area contributed by atoms with Crippen LogP contribution in [0.5, 0.6) is 0 Å². The Kier molecular flexibility index (Phi) is 4.65. The summed E-state index contributed by atoms with van der Waals surface area (Å²) in [5, 5.41) is 3.21. The van der Waals surface area contributed by atoms with E-state index < -0.39 is 15.9 Å². The molecule has 1 aromatic carbocycles. The van der Waals surface area contributed by atoms with Gasteiger partial charge in [0.2, 0.25) is 15.9 Å². The average molecular weight is 311 g/mol. The lowest BCUT2D eigenvalue weighted by Crippen LogP contribution is -2.43. The lowest BCUT2D eigenvalue weighted by Gasteiger charge is -2.31. The highest BCUT2D eigenvalue weighted by molar-refractivity contribution is 7.89. The van der Waals surface area contributed by atoms with Gasteiger partial charge < -0.3 is 11.1 Å². The maximum atomic E-state index is 12.7. The molecule has 1 saturated heterocycles. The standard InChI is InChI=1S/C14H21N3O3S/c1-10-3-4-12(9-13(10)14(15)18)21(19,20)17(2)11-5-7-16-8-6-11/h3-4,9,11,16H,5-8H2,1-2H3,(H2,15,18). The van der Waals surface area contributed by atoms with Crippen LogP contribution >= 0.6 is 0 Å². The summed E-state index contributed by atoms with van der Waals surface area (Å²) < 4.78 is 26.7. The van der Waals surface area contributed by atoms with Crippen LogP contribution in [0.3, 0.4) is 0 Å². The molecule has 21 heavy (non-hydrogen) atoms. The highest BCUT2D eigenvalue weighted by Gasteiger charge is 2.29. The Labute approximate surface area is 125 Å². The molecule has 0 bridgehead atoms. The van der Waals surface area contributed by atoms with Gasteiger partial charge in [0.1, 0.15) is 0 Å². The quantitative estimate of drug-likeness (QED) is 0.845. The van der Waals surface area contributed by atoms with Crippen molar-refractivity contribution >= 4 is 15.9 Å². The zero-order valence-corrected chi connectivity index (χ0v) is 13.1. The van der Waals surface area contributed by atoms with E-state index in [9.17, 15) is 13.2 Å². The Morgan fingerprint density at radius 3 is 2.52 bits per heavy atom. The highest BCUT2D eigenvalue weighted by Crippen LogP contribution is 2.22. The average Bonchev–Trinajstić information content (AvgIpc) is 2.47. The molecular formula is C14H21N3O3S. The lowest BCUT2D eigenvalue weighted by atomic mass is 10.1. The highest BCUT2D eigenvalue weighted by atomic mass is 32.2. The van der Waals surface area contributed by atoms with Crippen molar-refractivity contribution < 1.29 is 13.2 Å². The van der Waals surface area contributed by atoms with Gasteiger partial charge in [-0.05, 0) is 50.6 Å². The van der Waals surface area contributed by atoms with Gasteiger partial charge in [-0.15, -0.1) is 0 Å². The third kappa shape index (κ3) is 3.25. The summed E-state index contributed by atoms with van der Waals surface area (Å²) in [6, 6.07) is 4.48. The number of nitrogens with two attached hydrogens (primary N) is 1. The van der Waals surface area contributed by atoms with E-state index in [1.807, 2.05) is 0 Å². The zero-order chi connectivity index (χ0) is 15.6. The van der Waals surface area contributed by atoms with Crippen molar-refractivity contribution in [2.75, 3.05) is 20.1 Å². The van der Waals surface area contributed by atoms with Gasteiger partial charge in [0.05, 0.1) is 4.90 Å². The number of benzene rings is 1. The maximum absolute atomic E-state index is 12.7. The van der Waals surface area contributed by atoms with E-state index in [4.69, 9.17) is 5.73 Å². The molecule has 0 atom stereocenters. The van der Waals surface area contributed by atoms with E-state index in [2.05, 4.69) is 5.32 Å². The van der Waals surface area contributed by atoms with Gasteiger partial charge >= 0.3 is 0 Å². The molecule has 3 N–H and O–H groups in total. The van der Waals surface area contributed by atoms with Gasteiger partial charge in [-0.3, -0.25) is 4.79 Å². The predicted octanol–water partition coefficient (Wildman–Crippen LogP) is 0.466. The number of aryl methyl sites for hydroxylation is 1. The number of rotatable bonds is 4. The van der Waals surface area contributed by atoms with Gasteiger partial charge in [0.15, 0.2) is 0 Å². The Morgan fingerprint density at radius 2 is 1.95 bits per heavy atom. The second-order valence-electron chi connectivity index (χ2n) is 5.34. The van der Waals surface area contributed by atoms with E-state index in [1.54, 1.807) is 20.0 Å². The maximum Gasteiger partial charge on any atom is 0.249 e. The van der Waals surface area contributed by atoms with Crippen LogP contribution in [0.4, 0.5) is 0 Å². The summed E-state index contributed by atoms with van der Waals surface area (Å²) in [5.41, 5.74) is 6.21. The minimum absolute atomic E-state index is 0.0189. The van der Waals surface area contributed by atoms with Gasteiger partial charge in [0, 0.05) is 18.7 Å². The third-order valence-electron chi connectivity index (χ3n) is 3.97. The minimum atomic E-state index is -3.61. The van der Waals surface area contributed by atoms with Crippen molar-refractivity contribution in [3.8, 4) is 0 Å². The van der Waals surface area contributed by atoms with Crippen LogP contribution in [0.2, 0.25) is 0 Å². The molecule has 116 valence electrons. The molecule has 1 aromatic rings. The van der Waals surface area contributed by atoms with Crippen molar-refractivity contribution in [2.45, 2.75) is 30.7 Å². The van der Waals surface area contributed by atoms with E-state index in [0.29, 0.717) is 5.56 Å². The number of nitrogens with one attached hydrogen (secondary N) is 1. The Hall–Kier alpha value is -1.44. The molecule has 0 unspecified atom stereocenters. The largest absolute Gasteiger partial charge is 0.366 e. The minimum Gasteiger partial charge on any atom is -0.366 e. The number of carbonyl (C=O) groups is 1. The first kappa shape index (κ1) is 15.9.